The quantitative estimate of drug-likeness (QED) is 0.274. The molecule has 1 saturated heterocycles. The second-order valence-corrected chi connectivity index (χ2v) is 9.73. The molecule has 2 aliphatic rings. The van der Waals surface area contributed by atoms with Gasteiger partial charge in [-0.2, -0.15) is 0 Å². The normalized spacial score (nSPS) is 20.9. The number of nitrogens with one attached hydrogen (secondary N) is 1. The number of para-hydroxylation sites is 1. The highest BCUT2D eigenvalue weighted by atomic mass is 79.9. The largest absolute Gasteiger partial charge is 0.467 e. The van der Waals surface area contributed by atoms with E-state index in [-0.39, 0.29) is 11.5 Å². The Bertz CT molecular complexity index is 1420. The number of ether oxygens (including phenoxy) is 4. The minimum absolute atomic E-state index is 0.135. The lowest BCUT2D eigenvalue weighted by Gasteiger charge is -2.34. The summed E-state index contributed by atoms with van der Waals surface area (Å²) in [4.78, 5) is 53.1. The second kappa shape index (κ2) is 10.0. The smallest absolute Gasteiger partial charge is 0.343 e. The molecule has 5 rings (SSSR count). The van der Waals surface area contributed by atoms with Gasteiger partial charge in [0.1, 0.15) is 11.5 Å². The molecule has 2 heterocycles. The number of benzene rings is 3. The Hall–Kier alpha value is -4.02. The van der Waals surface area contributed by atoms with Gasteiger partial charge in [-0.15, -0.1) is 0 Å². The standard InChI is InChI=1S/C28H22BrNO8/c1-35-26(33)28(27(34)36-2)22-17-10-6-7-11-19(17)38-25(32)21(22)23(30-28)18-14-16(29)12-13-20(18)37-24(31)15-8-4-3-5-9-15/h3-14,21-23,30H,1-2H3/t21-,22+,23+/m1/s1. The molecule has 0 bridgehead atoms. The van der Waals surface area contributed by atoms with E-state index in [9.17, 15) is 19.2 Å². The fourth-order valence-electron chi connectivity index (χ4n) is 5.23. The minimum Gasteiger partial charge on any atom is -0.467 e. The third-order valence-electron chi connectivity index (χ3n) is 6.84. The Morgan fingerprint density at radius 1 is 0.895 bits per heavy atom. The van der Waals surface area contributed by atoms with Gasteiger partial charge in [0.2, 0.25) is 5.54 Å². The van der Waals surface area contributed by atoms with Crippen molar-refractivity contribution in [2.75, 3.05) is 14.2 Å². The summed E-state index contributed by atoms with van der Waals surface area (Å²) >= 11 is 3.43. The first-order valence-corrected chi connectivity index (χ1v) is 12.4. The summed E-state index contributed by atoms with van der Waals surface area (Å²) in [6.45, 7) is 0. The van der Waals surface area contributed by atoms with Crippen molar-refractivity contribution in [2.24, 2.45) is 5.92 Å². The van der Waals surface area contributed by atoms with Gasteiger partial charge in [0.15, 0.2) is 0 Å². The first-order chi connectivity index (χ1) is 18.3. The molecule has 3 aromatic rings. The highest BCUT2D eigenvalue weighted by Gasteiger charge is 2.69. The van der Waals surface area contributed by atoms with Crippen LogP contribution in [0.1, 0.15) is 33.4 Å². The molecule has 1 N–H and O–H groups in total. The summed E-state index contributed by atoms with van der Waals surface area (Å²) in [7, 11) is 2.30. The number of fused-ring (bicyclic) bond motifs is 3. The number of carbonyl (C=O) groups is 4. The monoisotopic (exact) mass is 579 g/mol. The van der Waals surface area contributed by atoms with E-state index in [1.54, 1.807) is 72.8 Å². The molecule has 3 atom stereocenters. The topological polar surface area (TPSA) is 117 Å². The van der Waals surface area contributed by atoms with E-state index in [0.29, 0.717) is 21.2 Å². The van der Waals surface area contributed by atoms with Crippen LogP contribution in [0.15, 0.2) is 77.3 Å². The van der Waals surface area contributed by atoms with Crippen LogP contribution in [0.3, 0.4) is 0 Å². The number of halogens is 1. The molecule has 2 aliphatic heterocycles. The molecule has 0 aromatic heterocycles. The molecule has 0 spiro atoms. The number of esters is 4. The Balaban J connectivity index is 1.68. The van der Waals surface area contributed by atoms with Crippen molar-refractivity contribution in [1.82, 2.24) is 5.32 Å². The van der Waals surface area contributed by atoms with Gasteiger partial charge < -0.3 is 18.9 Å². The highest BCUT2D eigenvalue weighted by Crippen LogP contribution is 2.55. The summed E-state index contributed by atoms with van der Waals surface area (Å²) in [5.74, 6) is -4.89. The van der Waals surface area contributed by atoms with E-state index in [4.69, 9.17) is 18.9 Å². The van der Waals surface area contributed by atoms with Crippen LogP contribution in [0.2, 0.25) is 0 Å². The van der Waals surface area contributed by atoms with Crippen molar-refractivity contribution in [3.8, 4) is 11.5 Å². The van der Waals surface area contributed by atoms with E-state index in [1.807, 2.05) is 0 Å². The number of rotatable bonds is 5. The number of carbonyl (C=O) groups excluding carboxylic acids is 4. The van der Waals surface area contributed by atoms with Gasteiger partial charge in [-0.1, -0.05) is 52.3 Å². The molecule has 0 amide bonds. The maximum Gasteiger partial charge on any atom is 0.343 e. The van der Waals surface area contributed by atoms with Gasteiger partial charge in [-0.3, -0.25) is 10.1 Å². The first kappa shape index (κ1) is 25.6. The summed E-state index contributed by atoms with van der Waals surface area (Å²) in [6.07, 6.45) is 0. The van der Waals surface area contributed by atoms with Crippen LogP contribution in [0, 0.1) is 5.92 Å². The average molecular weight is 580 g/mol. The summed E-state index contributed by atoms with van der Waals surface area (Å²) in [6, 6.07) is 19.0. The van der Waals surface area contributed by atoms with Gasteiger partial charge in [0, 0.05) is 21.5 Å². The van der Waals surface area contributed by atoms with E-state index >= 15 is 0 Å². The summed E-state index contributed by atoms with van der Waals surface area (Å²) in [5, 5.41) is 3.05. The van der Waals surface area contributed by atoms with Crippen molar-refractivity contribution in [2.45, 2.75) is 17.5 Å². The SMILES string of the molecule is COC(=O)C1(C(=O)OC)N[C@@H](c2cc(Br)ccc2OC(=O)c2ccccc2)[C@@H]2C(=O)Oc3ccccc3[C@@H]21. The van der Waals surface area contributed by atoms with Crippen LogP contribution >= 0.6 is 15.9 Å². The molecule has 1 fully saturated rings. The molecule has 0 unspecified atom stereocenters. The van der Waals surface area contributed by atoms with Crippen molar-refractivity contribution < 1.29 is 38.1 Å². The Morgan fingerprint density at radius 3 is 2.24 bits per heavy atom. The number of methoxy groups -OCH3 is 2. The van der Waals surface area contributed by atoms with Crippen molar-refractivity contribution in [3.63, 3.8) is 0 Å². The lowest BCUT2D eigenvalue weighted by atomic mass is 9.72. The first-order valence-electron chi connectivity index (χ1n) is 11.6. The van der Waals surface area contributed by atoms with Crippen LogP contribution in [-0.4, -0.2) is 43.6 Å². The zero-order valence-electron chi connectivity index (χ0n) is 20.3. The van der Waals surface area contributed by atoms with Gasteiger partial charge in [0.25, 0.3) is 0 Å². The highest BCUT2D eigenvalue weighted by molar-refractivity contribution is 9.10. The van der Waals surface area contributed by atoms with Crippen LogP contribution in [-0.2, 0) is 23.9 Å². The van der Waals surface area contributed by atoms with Crippen LogP contribution < -0.4 is 14.8 Å². The average Bonchev–Trinajstić information content (AvgIpc) is 3.31. The molecule has 194 valence electrons. The molecular formula is C28H22BrNO8. The summed E-state index contributed by atoms with van der Waals surface area (Å²) in [5.41, 5.74) is -0.953. The molecule has 3 aromatic carbocycles. The number of hydrogen-bond acceptors (Lipinski definition) is 9. The molecule has 10 heteroatoms. The predicted octanol–water partition coefficient (Wildman–Crippen LogP) is 3.72. The third kappa shape index (κ3) is 4.06. The Kier molecular flexibility index (Phi) is 6.77. The van der Waals surface area contributed by atoms with E-state index in [0.717, 1.165) is 14.2 Å². The Labute approximate surface area is 226 Å². The van der Waals surface area contributed by atoms with Crippen LogP contribution in [0.5, 0.6) is 11.5 Å². The molecular weight excluding hydrogens is 558 g/mol. The molecule has 0 saturated carbocycles. The van der Waals surface area contributed by atoms with Crippen molar-refractivity contribution >= 4 is 39.8 Å². The third-order valence-corrected chi connectivity index (χ3v) is 7.33. The molecule has 38 heavy (non-hydrogen) atoms. The Morgan fingerprint density at radius 2 is 1.55 bits per heavy atom. The van der Waals surface area contributed by atoms with E-state index in [1.165, 1.54) is 0 Å². The zero-order chi connectivity index (χ0) is 27.0. The molecule has 0 radical (unpaired) electrons. The lowest BCUT2D eigenvalue weighted by molar-refractivity contribution is -0.164. The maximum atomic E-state index is 13.5. The second-order valence-electron chi connectivity index (χ2n) is 8.81. The van der Waals surface area contributed by atoms with E-state index < -0.39 is 47.3 Å². The minimum atomic E-state index is -2.09. The zero-order valence-corrected chi connectivity index (χ0v) is 21.9. The van der Waals surface area contributed by atoms with Crippen LogP contribution in [0.4, 0.5) is 0 Å². The van der Waals surface area contributed by atoms with Crippen molar-refractivity contribution in [3.05, 3.63) is 94.0 Å². The van der Waals surface area contributed by atoms with E-state index in [2.05, 4.69) is 21.2 Å². The lowest BCUT2D eigenvalue weighted by Crippen LogP contribution is -2.59. The van der Waals surface area contributed by atoms with Gasteiger partial charge in [0.05, 0.1) is 31.7 Å². The molecule has 0 aliphatic carbocycles. The van der Waals surface area contributed by atoms with Gasteiger partial charge in [-0.05, 0) is 36.4 Å². The fraction of sp³-hybridized carbons (Fsp3) is 0.214. The van der Waals surface area contributed by atoms with Crippen molar-refractivity contribution in [1.29, 1.82) is 0 Å². The molecule has 9 nitrogen and oxygen atoms in total. The number of hydrogen-bond donors (Lipinski definition) is 1. The van der Waals surface area contributed by atoms with Gasteiger partial charge >= 0.3 is 23.9 Å². The predicted molar refractivity (Wildman–Crippen MR) is 136 cm³/mol. The van der Waals surface area contributed by atoms with Crippen LogP contribution in [0.25, 0.3) is 0 Å². The maximum absolute atomic E-state index is 13.5. The fourth-order valence-corrected chi connectivity index (χ4v) is 5.61. The van der Waals surface area contributed by atoms with Gasteiger partial charge in [-0.25, -0.2) is 14.4 Å². The summed E-state index contributed by atoms with van der Waals surface area (Å²) < 4.78 is 22.1.